The first-order valence-electron chi connectivity index (χ1n) is 8.85. The molecule has 0 fully saturated rings. The van der Waals surface area contributed by atoms with Gasteiger partial charge >= 0.3 is 0 Å². The van der Waals surface area contributed by atoms with Crippen LogP contribution in [0.2, 0.25) is 0 Å². The normalized spacial score (nSPS) is 27.4. The second-order valence-electron chi connectivity index (χ2n) is 7.84. The van der Waals surface area contributed by atoms with Crippen LogP contribution in [0, 0.1) is 22.2 Å². The highest BCUT2D eigenvalue weighted by Gasteiger charge is 2.52. The van der Waals surface area contributed by atoms with E-state index in [0.29, 0.717) is 12.8 Å². The van der Waals surface area contributed by atoms with Crippen molar-refractivity contribution in [3.05, 3.63) is 59.8 Å². The zero-order valence-electron chi connectivity index (χ0n) is 15.6. The van der Waals surface area contributed by atoms with Gasteiger partial charge in [-0.2, -0.15) is 5.26 Å². The summed E-state index contributed by atoms with van der Waals surface area (Å²) in [7, 11) is 0. The molecule has 0 spiro atoms. The molecular formula is C22H24N2OS. The van der Waals surface area contributed by atoms with Crippen LogP contribution < -0.4 is 0 Å². The van der Waals surface area contributed by atoms with Crippen LogP contribution in [0.5, 0.6) is 0 Å². The Morgan fingerprint density at radius 2 is 2.04 bits per heavy atom. The van der Waals surface area contributed by atoms with Crippen molar-refractivity contribution >= 4 is 22.6 Å². The number of ketones is 1. The van der Waals surface area contributed by atoms with Gasteiger partial charge in [-0.05, 0) is 30.1 Å². The maximum absolute atomic E-state index is 13.2. The molecule has 1 heterocycles. The molecule has 1 aliphatic heterocycles. The van der Waals surface area contributed by atoms with Crippen molar-refractivity contribution in [3.8, 4) is 6.07 Å². The fraction of sp³-hybridized carbons (Fsp3) is 0.409. The van der Waals surface area contributed by atoms with Crippen molar-refractivity contribution in [2.75, 3.05) is 6.26 Å². The van der Waals surface area contributed by atoms with Crippen LogP contribution in [0.4, 0.5) is 0 Å². The number of hydrogen-bond acceptors (Lipinski definition) is 4. The number of Topliss-reactive ketones (excluding diaryl/α,β-unsaturated/α-hetero) is 1. The molecule has 1 aromatic carbocycles. The van der Waals surface area contributed by atoms with E-state index < -0.39 is 5.41 Å². The molecule has 2 atom stereocenters. The third-order valence-electron chi connectivity index (χ3n) is 5.29. The second-order valence-corrected chi connectivity index (χ2v) is 8.64. The van der Waals surface area contributed by atoms with E-state index in [2.05, 4.69) is 26.5 Å². The summed E-state index contributed by atoms with van der Waals surface area (Å²) >= 11 is 1.51. The molecule has 0 bridgehead atoms. The van der Waals surface area contributed by atoms with Crippen LogP contribution in [0.3, 0.4) is 0 Å². The molecule has 4 heteroatoms. The van der Waals surface area contributed by atoms with E-state index in [1.54, 1.807) is 6.08 Å². The van der Waals surface area contributed by atoms with E-state index in [9.17, 15) is 10.1 Å². The van der Waals surface area contributed by atoms with Gasteiger partial charge in [0.25, 0.3) is 0 Å². The Morgan fingerprint density at radius 1 is 1.35 bits per heavy atom. The minimum Gasteiger partial charge on any atom is -0.294 e. The van der Waals surface area contributed by atoms with Gasteiger partial charge in [-0.1, -0.05) is 50.3 Å². The molecule has 0 saturated carbocycles. The number of benzene rings is 1. The summed E-state index contributed by atoms with van der Waals surface area (Å²) in [6.07, 6.45) is 5.45. The third kappa shape index (κ3) is 2.95. The topological polar surface area (TPSA) is 53.2 Å². The molecule has 0 N–H and O–H groups in total. The fourth-order valence-electron chi connectivity index (χ4n) is 4.24. The average molecular weight is 365 g/mol. The predicted octanol–water partition coefficient (Wildman–Crippen LogP) is 5.27. The predicted molar refractivity (Wildman–Crippen MR) is 108 cm³/mol. The number of rotatable bonds is 3. The van der Waals surface area contributed by atoms with Crippen molar-refractivity contribution in [3.63, 3.8) is 0 Å². The quantitative estimate of drug-likeness (QED) is 0.686. The Morgan fingerprint density at radius 3 is 2.62 bits per heavy atom. The summed E-state index contributed by atoms with van der Waals surface area (Å²) < 4.78 is 0. The van der Waals surface area contributed by atoms with Crippen molar-refractivity contribution in [1.82, 2.24) is 0 Å². The number of thioether (sulfide) groups is 1. The van der Waals surface area contributed by atoms with Gasteiger partial charge < -0.3 is 0 Å². The SMILES string of the molecule is C=CC[C@]1(C#N)C(SC)=NC2=C(C(=O)CC(C)(C)C2)[C@H]1c1ccccc1. The first kappa shape index (κ1) is 18.7. The number of nitrogens with zero attached hydrogens (tertiary/aromatic N) is 2. The van der Waals surface area contributed by atoms with Gasteiger partial charge in [0.2, 0.25) is 0 Å². The third-order valence-corrected chi connectivity index (χ3v) is 6.13. The molecule has 1 aromatic rings. The number of aliphatic imine (C=N–C) groups is 1. The Hall–Kier alpha value is -2.12. The lowest BCUT2D eigenvalue weighted by molar-refractivity contribution is -0.118. The number of allylic oxidation sites excluding steroid dienone is 3. The second kappa shape index (κ2) is 6.89. The van der Waals surface area contributed by atoms with Crippen LogP contribution in [0.15, 0.2) is 59.2 Å². The largest absolute Gasteiger partial charge is 0.294 e. The van der Waals surface area contributed by atoms with Gasteiger partial charge in [-0.3, -0.25) is 4.79 Å². The maximum atomic E-state index is 13.2. The summed E-state index contributed by atoms with van der Waals surface area (Å²) in [6.45, 7) is 8.09. The first-order valence-corrected chi connectivity index (χ1v) is 10.1. The van der Waals surface area contributed by atoms with E-state index >= 15 is 0 Å². The van der Waals surface area contributed by atoms with Crippen LogP contribution in [0.1, 0.15) is 44.6 Å². The van der Waals surface area contributed by atoms with Gasteiger partial charge in [0.15, 0.2) is 5.78 Å². The standard InChI is InChI=1S/C22H24N2OS/c1-5-11-22(14-23)19(15-9-7-6-8-10-15)18-16(24-20(22)26-4)12-21(2,3)13-17(18)25/h5-10,19H,1,11-13H2,2-4H3/t19-,22-/m1/s1. The summed E-state index contributed by atoms with van der Waals surface area (Å²) in [5.41, 5.74) is 1.61. The van der Waals surface area contributed by atoms with Crippen molar-refractivity contribution < 1.29 is 4.79 Å². The molecule has 134 valence electrons. The summed E-state index contributed by atoms with van der Waals surface area (Å²) in [5.74, 6) is -0.178. The number of carbonyl (C=O) groups is 1. The average Bonchev–Trinajstić information content (AvgIpc) is 2.61. The molecule has 0 saturated heterocycles. The van der Waals surface area contributed by atoms with E-state index in [4.69, 9.17) is 4.99 Å². The van der Waals surface area contributed by atoms with E-state index in [0.717, 1.165) is 28.3 Å². The van der Waals surface area contributed by atoms with Gasteiger partial charge in [0, 0.05) is 23.6 Å². The maximum Gasteiger partial charge on any atom is 0.161 e. The molecule has 0 aromatic heterocycles. The first-order chi connectivity index (χ1) is 12.4. The Kier molecular flexibility index (Phi) is 4.94. The number of nitriles is 1. The number of carbonyl (C=O) groups excluding carboxylic acids is 1. The molecule has 1 aliphatic carbocycles. The van der Waals surface area contributed by atoms with E-state index in [1.807, 2.05) is 36.6 Å². The molecule has 3 rings (SSSR count). The Bertz CT molecular complexity index is 845. The Balaban J connectivity index is 2.31. The Labute approximate surface area is 159 Å². The van der Waals surface area contributed by atoms with Crippen LogP contribution >= 0.6 is 11.8 Å². The highest BCUT2D eigenvalue weighted by Crippen LogP contribution is 2.55. The molecule has 0 amide bonds. The van der Waals surface area contributed by atoms with Crippen molar-refractivity contribution in [1.29, 1.82) is 5.26 Å². The van der Waals surface area contributed by atoms with E-state index in [-0.39, 0.29) is 17.1 Å². The lowest BCUT2D eigenvalue weighted by atomic mass is 9.61. The molecular weight excluding hydrogens is 340 g/mol. The van der Waals surface area contributed by atoms with Gasteiger partial charge in [-0.15, -0.1) is 18.3 Å². The molecule has 2 aliphatic rings. The summed E-state index contributed by atoms with van der Waals surface area (Å²) in [4.78, 5) is 18.0. The number of hydrogen-bond donors (Lipinski definition) is 0. The molecule has 26 heavy (non-hydrogen) atoms. The fourth-order valence-corrected chi connectivity index (χ4v) is 5.05. The zero-order chi connectivity index (χ0) is 18.9. The monoisotopic (exact) mass is 364 g/mol. The lowest BCUT2D eigenvalue weighted by Gasteiger charge is -2.43. The van der Waals surface area contributed by atoms with Crippen LogP contribution in [-0.2, 0) is 4.79 Å². The molecule has 3 nitrogen and oxygen atoms in total. The van der Waals surface area contributed by atoms with Crippen molar-refractivity contribution in [2.45, 2.75) is 39.0 Å². The minimum atomic E-state index is -0.876. The van der Waals surface area contributed by atoms with Crippen LogP contribution in [-0.4, -0.2) is 17.1 Å². The minimum absolute atomic E-state index is 0.102. The zero-order valence-corrected chi connectivity index (χ0v) is 16.4. The van der Waals surface area contributed by atoms with Crippen LogP contribution in [0.25, 0.3) is 0 Å². The van der Waals surface area contributed by atoms with Crippen molar-refractivity contribution in [2.24, 2.45) is 15.8 Å². The highest BCUT2D eigenvalue weighted by molar-refractivity contribution is 8.13. The smallest absolute Gasteiger partial charge is 0.161 e. The lowest BCUT2D eigenvalue weighted by Crippen LogP contribution is -2.42. The van der Waals surface area contributed by atoms with Gasteiger partial charge in [-0.25, -0.2) is 4.99 Å². The van der Waals surface area contributed by atoms with Gasteiger partial charge in [0.1, 0.15) is 5.41 Å². The summed E-state index contributed by atoms with van der Waals surface area (Å²) in [5, 5.41) is 11.0. The van der Waals surface area contributed by atoms with Gasteiger partial charge in [0.05, 0.1) is 11.1 Å². The highest BCUT2D eigenvalue weighted by atomic mass is 32.2. The molecule has 0 radical (unpaired) electrons. The summed E-state index contributed by atoms with van der Waals surface area (Å²) in [6, 6.07) is 12.5. The van der Waals surface area contributed by atoms with E-state index in [1.165, 1.54) is 11.8 Å². The molecule has 0 unspecified atom stereocenters.